The Bertz CT molecular complexity index is 723. The lowest BCUT2D eigenvalue weighted by Crippen LogP contribution is -2.07. The third-order valence-corrected chi connectivity index (χ3v) is 3.96. The summed E-state index contributed by atoms with van der Waals surface area (Å²) >= 11 is 0. The molecule has 5 heteroatoms. The van der Waals surface area contributed by atoms with Crippen LogP contribution in [0, 0.1) is 0 Å². The van der Waals surface area contributed by atoms with Crippen molar-refractivity contribution in [1.82, 2.24) is 0 Å². The van der Waals surface area contributed by atoms with Crippen LogP contribution in [0.2, 0.25) is 0 Å². The molecule has 0 aliphatic carbocycles. The van der Waals surface area contributed by atoms with E-state index < -0.39 is 9.84 Å². The maximum absolute atomic E-state index is 11.8. The van der Waals surface area contributed by atoms with E-state index in [9.17, 15) is 8.42 Å². The first kappa shape index (κ1) is 14.3. The van der Waals surface area contributed by atoms with Gasteiger partial charge >= 0.3 is 0 Å². The predicted molar refractivity (Wildman–Crippen MR) is 81.8 cm³/mol. The average molecular weight is 288 g/mol. The Kier molecular flexibility index (Phi) is 4.20. The largest absolute Gasteiger partial charge is 0.278 e. The highest BCUT2D eigenvalue weighted by atomic mass is 32.2. The molecule has 0 atom stereocenters. The summed E-state index contributed by atoms with van der Waals surface area (Å²) in [6.45, 7) is 1.78. The van der Waals surface area contributed by atoms with Gasteiger partial charge in [-0.3, -0.25) is 5.43 Å². The summed E-state index contributed by atoms with van der Waals surface area (Å²) in [5, 5.41) is 4.24. The summed E-state index contributed by atoms with van der Waals surface area (Å²) in [7, 11) is -3.27. The lowest BCUT2D eigenvalue weighted by Gasteiger charge is -2.08. The Morgan fingerprint density at radius 2 is 1.60 bits per heavy atom. The van der Waals surface area contributed by atoms with Gasteiger partial charge in [0, 0.05) is 11.8 Å². The van der Waals surface area contributed by atoms with Gasteiger partial charge in [0.1, 0.15) is 0 Å². The first-order valence-corrected chi connectivity index (χ1v) is 8.02. The molecule has 0 radical (unpaired) electrons. The highest BCUT2D eigenvalue weighted by Gasteiger charge is 2.14. The molecule has 2 aromatic carbocycles. The molecule has 0 saturated carbocycles. The molecule has 2 aromatic rings. The third-order valence-electron chi connectivity index (χ3n) is 2.80. The van der Waals surface area contributed by atoms with Gasteiger partial charge in [-0.05, 0) is 25.1 Å². The van der Waals surface area contributed by atoms with Crippen molar-refractivity contribution in [2.24, 2.45) is 5.10 Å². The fourth-order valence-corrected chi connectivity index (χ4v) is 2.75. The minimum Gasteiger partial charge on any atom is -0.278 e. The maximum atomic E-state index is 11.8. The standard InChI is InChI=1S/C15H16N2O2S/c1-12(16-17-13-8-4-3-5-9-13)14-10-6-7-11-15(14)20(2,18)19/h3-11,17H,1-2H3/b16-12+. The summed E-state index contributed by atoms with van der Waals surface area (Å²) in [6.07, 6.45) is 1.20. The van der Waals surface area contributed by atoms with Gasteiger partial charge in [-0.2, -0.15) is 5.10 Å². The van der Waals surface area contributed by atoms with Crippen molar-refractivity contribution in [2.45, 2.75) is 11.8 Å². The van der Waals surface area contributed by atoms with Crippen molar-refractivity contribution in [3.63, 3.8) is 0 Å². The van der Waals surface area contributed by atoms with Gasteiger partial charge in [0.2, 0.25) is 0 Å². The van der Waals surface area contributed by atoms with E-state index in [2.05, 4.69) is 10.5 Å². The molecule has 0 aliphatic rings. The van der Waals surface area contributed by atoms with Crippen LogP contribution in [0.15, 0.2) is 64.6 Å². The average Bonchev–Trinajstić information content (AvgIpc) is 2.45. The zero-order valence-corrected chi connectivity index (χ0v) is 12.2. The molecule has 0 saturated heterocycles. The lowest BCUT2D eigenvalue weighted by atomic mass is 10.1. The van der Waals surface area contributed by atoms with Crippen LogP contribution >= 0.6 is 0 Å². The second kappa shape index (κ2) is 5.88. The summed E-state index contributed by atoms with van der Waals surface area (Å²) in [6, 6.07) is 16.3. The molecular formula is C15H16N2O2S. The number of para-hydroxylation sites is 1. The van der Waals surface area contributed by atoms with Crippen LogP contribution in [0.25, 0.3) is 0 Å². The molecule has 4 nitrogen and oxygen atoms in total. The molecule has 0 aliphatic heterocycles. The minimum atomic E-state index is -3.27. The molecule has 0 bridgehead atoms. The van der Waals surface area contributed by atoms with Gasteiger partial charge in [-0.25, -0.2) is 8.42 Å². The molecule has 20 heavy (non-hydrogen) atoms. The van der Waals surface area contributed by atoms with Crippen molar-refractivity contribution in [3.05, 3.63) is 60.2 Å². The molecule has 0 spiro atoms. The van der Waals surface area contributed by atoms with E-state index >= 15 is 0 Å². The first-order valence-electron chi connectivity index (χ1n) is 6.13. The maximum Gasteiger partial charge on any atom is 0.176 e. The highest BCUT2D eigenvalue weighted by Crippen LogP contribution is 2.16. The number of hydrazone groups is 1. The van der Waals surface area contributed by atoms with E-state index in [0.29, 0.717) is 11.3 Å². The van der Waals surface area contributed by atoms with Gasteiger partial charge in [0.15, 0.2) is 9.84 Å². The van der Waals surface area contributed by atoms with Gasteiger partial charge in [0.05, 0.1) is 16.3 Å². The number of anilines is 1. The molecular weight excluding hydrogens is 272 g/mol. The van der Waals surface area contributed by atoms with Crippen LogP contribution in [0.5, 0.6) is 0 Å². The molecule has 1 N–H and O–H groups in total. The normalized spacial score (nSPS) is 12.2. The van der Waals surface area contributed by atoms with Gasteiger partial charge in [-0.15, -0.1) is 0 Å². The topological polar surface area (TPSA) is 58.5 Å². The molecule has 0 heterocycles. The molecule has 2 rings (SSSR count). The lowest BCUT2D eigenvalue weighted by molar-refractivity contribution is 0.601. The number of nitrogens with zero attached hydrogens (tertiary/aromatic N) is 1. The SMILES string of the molecule is C/C(=N\Nc1ccccc1)c1ccccc1S(C)(=O)=O. The number of hydrogen-bond acceptors (Lipinski definition) is 4. The van der Waals surface area contributed by atoms with Gasteiger partial charge in [0.25, 0.3) is 0 Å². The Morgan fingerprint density at radius 3 is 2.25 bits per heavy atom. The Morgan fingerprint density at radius 1 is 1.00 bits per heavy atom. The smallest absolute Gasteiger partial charge is 0.176 e. The minimum absolute atomic E-state index is 0.288. The second-order valence-electron chi connectivity index (χ2n) is 4.44. The van der Waals surface area contributed by atoms with Crippen molar-refractivity contribution in [2.75, 3.05) is 11.7 Å². The Balaban J connectivity index is 2.32. The monoisotopic (exact) mass is 288 g/mol. The third kappa shape index (κ3) is 3.45. The van der Waals surface area contributed by atoms with Crippen LogP contribution in [-0.2, 0) is 9.84 Å². The molecule has 104 valence electrons. The molecule has 0 fully saturated rings. The predicted octanol–water partition coefficient (Wildman–Crippen LogP) is 2.93. The van der Waals surface area contributed by atoms with E-state index in [-0.39, 0.29) is 4.90 Å². The first-order chi connectivity index (χ1) is 9.48. The molecule has 0 aromatic heterocycles. The highest BCUT2D eigenvalue weighted by molar-refractivity contribution is 7.90. The summed E-state index contributed by atoms with van der Waals surface area (Å²) in [4.78, 5) is 0.288. The van der Waals surface area contributed by atoms with Gasteiger partial charge < -0.3 is 0 Å². The zero-order valence-electron chi connectivity index (χ0n) is 11.4. The van der Waals surface area contributed by atoms with E-state index in [4.69, 9.17) is 0 Å². The van der Waals surface area contributed by atoms with Crippen molar-refractivity contribution >= 4 is 21.2 Å². The Hall–Kier alpha value is -2.14. The van der Waals surface area contributed by atoms with Crippen molar-refractivity contribution in [3.8, 4) is 0 Å². The number of nitrogens with one attached hydrogen (secondary N) is 1. The summed E-state index contributed by atoms with van der Waals surface area (Å²) in [5.41, 5.74) is 5.00. The second-order valence-corrected chi connectivity index (χ2v) is 6.43. The van der Waals surface area contributed by atoms with Crippen LogP contribution < -0.4 is 5.43 Å². The van der Waals surface area contributed by atoms with Crippen molar-refractivity contribution in [1.29, 1.82) is 0 Å². The van der Waals surface area contributed by atoms with Crippen LogP contribution in [0.4, 0.5) is 5.69 Å². The van der Waals surface area contributed by atoms with E-state index in [1.165, 1.54) is 6.26 Å². The van der Waals surface area contributed by atoms with Gasteiger partial charge in [-0.1, -0.05) is 36.4 Å². The van der Waals surface area contributed by atoms with E-state index in [1.807, 2.05) is 30.3 Å². The summed E-state index contributed by atoms with van der Waals surface area (Å²) in [5.74, 6) is 0. The zero-order chi connectivity index (χ0) is 14.6. The molecule has 0 unspecified atom stereocenters. The molecule has 0 amide bonds. The number of hydrogen-bond donors (Lipinski definition) is 1. The van der Waals surface area contributed by atoms with Crippen LogP contribution in [0.1, 0.15) is 12.5 Å². The van der Waals surface area contributed by atoms with Crippen molar-refractivity contribution < 1.29 is 8.42 Å². The van der Waals surface area contributed by atoms with Crippen LogP contribution in [0.3, 0.4) is 0 Å². The quantitative estimate of drug-likeness (QED) is 0.695. The fraction of sp³-hybridized carbons (Fsp3) is 0.133. The Labute approximate surface area is 119 Å². The van der Waals surface area contributed by atoms with E-state index in [0.717, 1.165) is 5.69 Å². The fourth-order valence-electron chi connectivity index (χ4n) is 1.81. The number of rotatable bonds is 4. The van der Waals surface area contributed by atoms with E-state index in [1.54, 1.807) is 31.2 Å². The number of benzene rings is 2. The van der Waals surface area contributed by atoms with Crippen LogP contribution in [-0.4, -0.2) is 20.4 Å². The number of sulfone groups is 1. The summed E-state index contributed by atoms with van der Waals surface area (Å²) < 4.78 is 23.5.